The van der Waals surface area contributed by atoms with Crippen molar-refractivity contribution in [3.8, 4) is 11.5 Å². The van der Waals surface area contributed by atoms with E-state index in [9.17, 15) is 4.79 Å². The van der Waals surface area contributed by atoms with Gasteiger partial charge in [0, 0.05) is 24.5 Å². The number of thiazole rings is 1. The molecule has 154 valence electrons. The molecule has 0 aliphatic heterocycles. The molecule has 0 saturated carbocycles. The summed E-state index contributed by atoms with van der Waals surface area (Å²) in [6.45, 7) is 1.87. The van der Waals surface area contributed by atoms with Crippen LogP contribution in [0.25, 0.3) is 22.5 Å². The molecule has 4 aromatic heterocycles. The minimum atomic E-state index is -0.253. The quantitative estimate of drug-likeness (QED) is 0.432. The van der Waals surface area contributed by atoms with E-state index in [1.165, 1.54) is 16.9 Å². The Morgan fingerprint density at radius 2 is 2.03 bits per heavy atom. The number of carbonyl (C=O) groups is 1. The Labute approximate surface area is 182 Å². The molecule has 0 unspecified atom stereocenters. The van der Waals surface area contributed by atoms with Gasteiger partial charge in [-0.3, -0.25) is 14.8 Å². The molecule has 1 aromatic carbocycles. The second kappa shape index (κ2) is 7.81. The Balaban J connectivity index is 1.47. The summed E-state index contributed by atoms with van der Waals surface area (Å²) in [5, 5.41) is 8.66. The van der Waals surface area contributed by atoms with Gasteiger partial charge in [-0.1, -0.05) is 30.3 Å². The maximum absolute atomic E-state index is 13.2. The third-order valence-electron chi connectivity index (χ3n) is 4.98. The highest BCUT2D eigenvalue weighted by Gasteiger charge is 2.21. The lowest BCUT2D eigenvalue weighted by Gasteiger charge is -2.07. The highest BCUT2D eigenvalue weighted by molar-refractivity contribution is 7.15. The van der Waals surface area contributed by atoms with Gasteiger partial charge in [0.15, 0.2) is 16.5 Å². The van der Waals surface area contributed by atoms with Gasteiger partial charge in [-0.15, -0.1) is 11.3 Å². The van der Waals surface area contributed by atoms with E-state index in [0.29, 0.717) is 27.8 Å². The minimum Gasteiger partial charge on any atom is -0.463 e. The second-order valence-electron chi connectivity index (χ2n) is 7.19. The molecule has 4 heterocycles. The zero-order chi connectivity index (χ0) is 21.4. The van der Waals surface area contributed by atoms with Gasteiger partial charge in [-0.25, -0.2) is 9.97 Å². The fourth-order valence-corrected chi connectivity index (χ4v) is 4.42. The Kier molecular flexibility index (Phi) is 4.83. The fourth-order valence-electron chi connectivity index (χ4n) is 3.58. The molecule has 5 aromatic rings. The molecule has 0 fully saturated rings. The van der Waals surface area contributed by atoms with Crippen LogP contribution in [0.4, 0.5) is 5.13 Å². The first-order valence-corrected chi connectivity index (χ1v) is 10.6. The predicted molar refractivity (Wildman–Crippen MR) is 120 cm³/mol. The number of hydrogen-bond acceptors (Lipinski definition) is 6. The number of carbonyl (C=O) groups excluding carboxylic acids is 1. The van der Waals surface area contributed by atoms with E-state index in [4.69, 9.17) is 4.42 Å². The summed E-state index contributed by atoms with van der Waals surface area (Å²) < 4.78 is 7.17. The maximum atomic E-state index is 13.2. The van der Waals surface area contributed by atoms with Gasteiger partial charge < -0.3 is 4.42 Å². The Hall–Kier alpha value is -3.78. The third-order valence-corrected chi connectivity index (χ3v) is 5.89. The van der Waals surface area contributed by atoms with Crippen LogP contribution in [0.5, 0.6) is 0 Å². The molecule has 5 rings (SSSR count). The first kappa shape index (κ1) is 19.2. The molecule has 8 heteroatoms. The molecule has 0 aliphatic carbocycles. The van der Waals surface area contributed by atoms with Crippen LogP contribution in [-0.4, -0.2) is 25.7 Å². The second-order valence-corrected chi connectivity index (χ2v) is 8.30. The summed E-state index contributed by atoms with van der Waals surface area (Å²) in [7, 11) is 1.81. The van der Waals surface area contributed by atoms with Gasteiger partial charge in [0.25, 0.3) is 5.91 Å². The van der Waals surface area contributed by atoms with E-state index >= 15 is 0 Å². The molecule has 1 N–H and O–H groups in total. The van der Waals surface area contributed by atoms with E-state index in [0.717, 1.165) is 22.4 Å². The molecule has 1 amide bonds. The minimum absolute atomic E-state index is 0.253. The fraction of sp³-hybridized carbons (Fsp3) is 0.130. The highest BCUT2D eigenvalue weighted by Crippen LogP contribution is 2.28. The van der Waals surface area contributed by atoms with E-state index < -0.39 is 0 Å². The predicted octanol–water partition coefficient (Wildman–Crippen LogP) is 4.84. The molecule has 7 nitrogen and oxygen atoms in total. The summed E-state index contributed by atoms with van der Waals surface area (Å²) >= 11 is 1.47. The van der Waals surface area contributed by atoms with Crippen molar-refractivity contribution in [3.63, 3.8) is 0 Å². The first-order chi connectivity index (χ1) is 15.1. The standard InChI is InChI=1S/C23H19N5O2S/c1-14-20-17(12-18(19-9-6-10-30-19)25-21(20)28(2)27-14)22(29)26-23-24-13-16(31-23)11-15-7-4-3-5-8-15/h3-10,12-13H,11H2,1-2H3,(H,24,26,29). The maximum Gasteiger partial charge on any atom is 0.258 e. The summed E-state index contributed by atoms with van der Waals surface area (Å²) in [6.07, 6.45) is 4.16. The third kappa shape index (κ3) is 3.73. The largest absolute Gasteiger partial charge is 0.463 e. The number of hydrogen-bond donors (Lipinski definition) is 1. The lowest BCUT2D eigenvalue weighted by Crippen LogP contribution is -2.13. The van der Waals surface area contributed by atoms with Crippen molar-refractivity contribution in [2.75, 3.05) is 5.32 Å². The van der Waals surface area contributed by atoms with Crippen molar-refractivity contribution in [3.05, 3.63) is 82.7 Å². The average molecular weight is 430 g/mol. The Morgan fingerprint density at radius 3 is 2.81 bits per heavy atom. The highest BCUT2D eigenvalue weighted by atomic mass is 32.1. The number of aryl methyl sites for hydroxylation is 2. The molecule has 0 atom stereocenters. The number of furan rings is 1. The van der Waals surface area contributed by atoms with Crippen molar-refractivity contribution in [2.24, 2.45) is 7.05 Å². The number of nitrogens with zero attached hydrogens (tertiary/aromatic N) is 4. The summed E-state index contributed by atoms with van der Waals surface area (Å²) in [4.78, 5) is 23.4. The van der Waals surface area contributed by atoms with Crippen LogP contribution in [0.3, 0.4) is 0 Å². The van der Waals surface area contributed by atoms with Gasteiger partial charge in [-0.2, -0.15) is 5.10 Å². The summed E-state index contributed by atoms with van der Waals surface area (Å²) in [6, 6.07) is 15.5. The number of amides is 1. The monoisotopic (exact) mass is 429 g/mol. The smallest absolute Gasteiger partial charge is 0.258 e. The lowest BCUT2D eigenvalue weighted by atomic mass is 10.1. The average Bonchev–Trinajstić information content (AvgIpc) is 3.51. The van der Waals surface area contributed by atoms with Crippen LogP contribution in [-0.2, 0) is 13.5 Å². The molecule has 31 heavy (non-hydrogen) atoms. The van der Waals surface area contributed by atoms with Crippen molar-refractivity contribution >= 4 is 33.4 Å². The van der Waals surface area contributed by atoms with Crippen LogP contribution in [0.2, 0.25) is 0 Å². The zero-order valence-electron chi connectivity index (χ0n) is 17.0. The number of rotatable bonds is 5. The van der Waals surface area contributed by atoms with Gasteiger partial charge >= 0.3 is 0 Å². The van der Waals surface area contributed by atoms with E-state index in [1.807, 2.05) is 38.2 Å². The zero-order valence-corrected chi connectivity index (χ0v) is 17.8. The molecule has 0 spiro atoms. The SMILES string of the molecule is Cc1nn(C)c2nc(-c3ccco3)cc(C(=O)Nc3ncc(Cc4ccccc4)s3)c12. The van der Waals surface area contributed by atoms with Crippen LogP contribution in [0.15, 0.2) is 65.4 Å². The van der Waals surface area contributed by atoms with Gasteiger partial charge in [0.1, 0.15) is 5.69 Å². The molecule has 0 radical (unpaired) electrons. The number of anilines is 1. The number of benzene rings is 1. The van der Waals surface area contributed by atoms with E-state index in [1.54, 1.807) is 29.3 Å². The van der Waals surface area contributed by atoms with E-state index in [2.05, 4.69) is 32.5 Å². The van der Waals surface area contributed by atoms with Gasteiger partial charge in [0.2, 0.25) is 0 Å². The van der Waals surface area contributed by atoms with Crippen LogP contribution in [0, 0.1) is 6.92 Å². The Morgan fingerprint density at radius 1 is 1.19 bits per heavy atom. The van der Waals surface area contributed by atoms with Gasteiger partial charge in [0.05, 0.1) is 22.9 Å². The molecule has 0 bridgehead atoms. The van der Waals surface area contributed by atoms with Crippen LogP contribution >= 0.6 is 11.3 Å². The summed E-state index contributed by atoms with van der Waals surface area (Å²) in [5.74, 6) is 0.339. The lowest BCUT2D eigenvalue weighted by molar-refractivity contribution is 0.102. The van der Waals surface area contributed by atoms with Crippen molar-refractivity contribution in [1.82, 2.24) is 19.7 Å². The van der Waals surface area contributed by atoms with Crippen molar-refractivity contribution in [1.29, 1.82) is 0 Å². The molecular weight excluding hydrogens is 410 g/mol. The molecular formula is C23H19N5O2S. The van der Waals surface area contributed by atoms with Crippen LogP contribution < -0.4 is 5.32 Å². The normalized spacial score (nSPS) is 11.2. The number of aromatic nitrogens is 4. The van der Waals surface area contributed by atoms with Crippen molar-refractivity contribution in [2.45, 2.75) is 13.3 Å². The number of fused-ring (bicyclic) bond motifs is 1. The number of nitrogens with one attached hydrogen (secondary N) is 1. The first-order valence-electron chi connectivity index (χ1n) is 9.76. The van der Waals surface area contributed by atoms with E-state index in [-0.39, 0.29) is 5.91 Å². The Bertz CT molecular complexity index is 1370. The summed E-state index contributed by atoms with van der Waals surface area (Å²) in [5.41, 5.74) is 3.64. The van der Waals surface area contributed by atoms with Crippen LogP contribution in [0.1, 0.15) is 26.5 Å². The topological polar surface area (TPSA) is 85.8 Å². The number of pyridine rings is 1. The van der Waals surface area contributed by atoms with Gasteiger partial charge in [-0.05, 0) is 30.7 Å². The molecule has 0 aliphatic rings. The molecule has 0 saturated heterocycles. The van der Waals surface area contributed by atoms with Crippen molar-refractivity contribution < 1.29 is 9.21 Å².